The lowest BCUT2D eigenvalue weighted by Crippen LogP contribution is -2.41. The van der Waals surface area contributed by atoms with Gasteiger partial charge in [-0.1, -0.05) is 18.2 Å². The zero-order valence-corrected chi connectivity index (χ0v) is 19.4. The number of hydrogen-bond acceptors (Lipinski definition) is 7. The minimum atomic E-state index is -3.96. The summed E-state index contributed by atoms with van der Waals surface area (Å²) in [5.74, 6) is -1.23. The molecule has 0 atom stereocenters. The summed E-state index contributed by atoms with van der Waals surface area (Å²) in [4.78, 5) is 29.9. The van der Waals surface area contributed by atoms with Crippen molar-refractivity contribution >= 4 is 32.7 Å². The molecule has 3 N–H and O–H groups in total. The Labute approximate surface area is 195 Å². The van der Waals surface area contributed by atoms with Gasteiger partial charge < -0.3 is 8.83 Å². The molecule has 11 heteroatoms. The van der Waals surface area contributed by atoms with Gasteiger partial charge in [-0.3, -0.25) is 20.4 Å². The monoisotopic (exact) mass is 482 g/mol. The van der Waals surface area contributed by atoms with Gasteiger partial charge >= 0.3 is 5.91 Å². The van der Waals surface area contributed by atoms with Crippen LogP contribution < -0.4 is 15.6 Å². The number of hydrazine groups is 1. The molecule has 0 saturated carbocycles. The maximum Gasteiger partial charge on any atom is 0.305 e. The van der Waals surface area contributed by atoms with Crippen molar-refractivity contribution in [3.05, 3.63) is 72.2 Å². The summed E-state index contributed by atoms with van der Waals surface area (Å²) < 4.78 is 37.8. The summed E-state index contributed by atoms with van der Waals surface area (Å²) in [6.07, 6.45) is 1.50. The van der Waals surface area contributed by atoms with Gasteiger partial charge in [0.05, 0.1) is 17.3 Å². The van der Waals surface area contributed by atoms with Gasteiger partial charge in [-0.05, 0) is 57.2 Å². The third-order valence-electron chi connectivity index (χ3n) is 4.53. The van der Waals surface area contributed by atoms with Crippen LogP contribution in [-0.2, 0) is 10.0 Å². The second-order valence-corrected chi connectivity index (χ2v) is 10.0. The highest BCUT2D eigenvalue weighted by Crippen LogP contribution is 2.25. The Morgan fingerprint density at radius 2 is 1.68 bits per heavy atom. The predicted molar refractivity (Wildman–Crippen MR) is 123 cm³/mol. The Bertz CT molecular complexity index is 1470. The molecule has 2 amide bonds. The molecule has 4 rings (SSSR count). The Morgan fingerprint density at radius 3 is 2.38 bits per heavy atom. The largest absolute Gasteiger partial charge is 0.463 e. The number of fused-ring (bicyclic) bond motifs is 1. The fraction of sp³-hybridized carbons (Fsp3) is 0.174. The van der Waals surface area contributed by atoms with E-state index in [-0.39, 0.29) is 11.3 Å². The molecule has 34 heavy (non-hydrogen) atoms. The van der Waals surface area contributed by atoms with Gasteiger partial charge in [0.25, 0.3) is 15.9 Å². The Balaban J connectivity index is 1.53. The molecule has 0 unspecified atom stereocenters. The number of rotatable bonds is 5. The molecule has 3 aromatic heterocycles. The van der Waals surface area contributed by atoms with Gasteiger partial charge in [-0.2, -0.15) is 0 Å². The van der Waals surface area contributed by atoms with Gasteiger partial charge in [0.15, 0.2) is 11.5 Å². The molecule has 10 nitrogen and oxygen atoms in total. The smallest absolute Gasteiger partial charge is 0.305 e. The van der Waals surface area contributed by atoms with Crippen molar-refractivity contribution in [2.24, 2.45) is 0 Å². The number of para-hydroxylation sites is 1. The van der Waals surface area contributed by atoms with Crippen molar-refractivity contribution in [2.45, 2.75) is 31.4 Å². The zero-order valence-electron chi connectivity index (χ0n) is 18.6. The lowest BCUT2D eigenvalue weighted by molar-refractivity contribution is 0.0828. The minimum absolute atomic E-state index is 0.259. The molecular weight excluding hydrogens is 460 g/mol. The first-order chi connectivity index (χ1) is 16.0. The van der Waals surface area contributed by atoms with Crippen LogP contribution >= 0.6 is 0 Å². The zero-order chi connectivity index (χ0) is 24.5. The lowest BCUT2D eigenvalue weighted by Gasteiger charge is -2.18. The first-order valence-corrected chi connectivity index (χ1v) is 11.7. The van der Waals surface area contributed by atoms with E-state index >= 15 is 0 Å². The number of nitrogens with zero attached hydrogens (tertiary/aromatic N) is 1. The maximum atomic E-state index is 12.9. The van der Waals surface area contributed by atoms with Crippen molar-refractivity contribution in [3.8, 4) is 11.5 Å². The van der Waals surface area contributed by atoms with Gasteiger partial charge in [0.1, 0.15) is 5.69 Å². The summed E-state index contributed by atoms with van der Waals surface area (Å²) in [6, 6.07) is 14.4. The van der Waals surface area contributed by atoms with Crippen LogP contribution in [0.25, 0.3) is 22.4 Å². The third kappa shape index (κ3) is 5.00. The van der Waals surface area contributed by atoms with Gasteiger partial charge in [0.2, 0.25) is 5.09 Å². The minimum Gasteiger partial charge on any atom is -0.463 e. The number of carbonyl (C=O) groups excluding carboxylic acids is 2. The van der Waals surface area contributed by atoms with E-state index in [2.05, 4.69) is 20.6 Å². The van der Waals surface area contributed by atoms with Crippen LogP contribution in [0.15, 0.2) is 74.8 Å². The fourth-order valence-corrected chi connectivity index (χ4v) is 4.55. The van der Waals surface area contributed by atoms with Gasteiger partial charge in [-0.25, -0.2) is 18.1 Å². The number of carbonyl (C=O) groups is 2. The van der Waals surface area contributed by atoms with Crippen LogP contribution in [0.4, 0.5) is 0 Å². The molecule has 3 heterocycles. The molecule has 0 bridgehead atoms. The number of nitrogens with one attached hydrogen (secondary N) is 3. The number of aromatic nitrogens is 1. The first kappa shape index (κ1) is 23.2. The quantitative estimate of drug-likeness (QED) is 0.371. The summed E-state index contributed by atoms with van der Waals surface area (Å²) in [5.41, 5.74) is 5.11. The van der Waals surface area contributed by atoms with E-state index in [0.29, 0.717) is 22.4 Å². The molecule has 4 aromatic rings. The molecule has 1 aromatic carbocycles. The Morgan fingerprint density at radius 1 is 0.941 bits per heavy atom. The average Bonchev–Trinajstić information content (AvgIpc) is 3.47. The molecule has 0 saturated heterocycles. The van der Waals surface area contributed by atoms with E-state index in [1.54, 1.807) is 63.2 Å². The second-order valence-electron chi connectivity index (χ2n) is 8.43. The number of sulfonamides is 1. The molecule has 0 aliphatic carbocycles. The first-order valence-electron chi connectivity index (χ1n) is 10.2. The molecule has 0 radical (unpaired) electrons. The standard InChI is InChI=1S/C23H22N4O6S/c1-23(2,3)27-34(30,31)20-11-10-19(33-20)22(29)26-25-21(28)15-13-17(18-9-6-12-32-18)24-16-8-5-4-7-14(15)16/h4-13,27H,1-3H3,(H,25,28)(H,26,29). The van der Waals surface area contributed by atoms with Crippen LogP contribution in [-0.4, -0.2) is 30.8 Å². The second kappa shape index (κ2) is 8.76. The highest BCUT2D eigenvalue weighted by molar-refractivity contribution is 7.89. The highest BCUT2D eigenvalue weighted by Gasteiger charge is 2.26. The van der Waals surface area contributed by atoms with E-state index in [0.717, 1.165) is 6.07 Å². The van der Waals surface area contributed by atoms with Crippen LogP contribution in [0.2, 0.25) is 0 Å². The Hall–Kier alpha value is -3.96. The van der Waals surface area contributed by atoms with E-state index < -0.39 is 32.5 Å². The van der Waals surface area contributed by atoms with E-state index in [1.165, 1.54) is 12.3 Å². The van der Waals surface area contributed by atoms with Crippen molar-refractivity contribution in [1.29, 1.82) is 0 Å². The maximum absolute atomic E-state index is 12.9. The number of benzene rings is 1. The van der Waals surface area contributed by atoms with E-state index in [9.17, 15) is 18.0 Å². The number of hydrogen-bond donors (Lipinski definition) is 3. The van der Waals surface area contributed by atoms with Crippen LogP contribution in [0.5, 0.6) is 0 Å². The van der Waals surface area contributed by atoms with Gasteiger partial charge in [0, 0.05) is 10.9 Å². The average molecular weight is 483 g/mol. The molecule has 0 aliphatic heterocycles. The molecular formula is C23H22N4O6S. The topological polar surface area (TPSA) is 144 Å². The normalized spacial score (nSPS) is 12.0. The molecule has 0 aliphatic rings. The summed E-state index contributed by atoms with van der Waals surface area (Å²) >= 11 is 0. The SMILES string of the molecule is CC(C)(C)NS(=O)(=O)c1ccc(C(=O)NNC(=O)c2cc(-c3ccco3)nc3ccccc23)o1. The predicted octanol–water partition coefficient (Wildman–Crippen LogP) is 3.24. The van der Waals surface area contributed by atoms with Crippen molar-refractivity contribution in [1.82, 2.24) is 20.6 Å². The summed E-state index contributed by atoms with van der Waals surface area (Å²) in [7, 11) is -3.96. The molecule has 176 valence electrons. The van der Waals surface area contributed by atoms with Crippen LogP contribution in [0, 0.1) is 0 Å². The molecule has 0 spiro atoms. The van der Waals surface area contributed by atoms with Crippen LogP contribution in [0.3, 0.4) is 0 Å². The number of pyridine rings is 1. The summed E-state index contributed by atoms with van der Waals surface area (Å²) in [5, 5.41) is 0.159. The van der Waals surface area contributed by atoms with E-state index in [1.807, 2.05) is 0 Å². The highest BCUT2D eigenvalue weighted by atomic mass is 32.2. The summed E-state index contributed by atoms with van der Waals surface area (Å²) in [6.45, 7) is 5.03. The van der Waals surface area contributed by atoms with Gasteiger partial charge in [-0.15, -0.1) is 0 Å². The van der Waals surface area contributed by atoms with Crippen molar-refractivity contribution in [2.75, 3.05) is 0 Å². The van der Waals surface area contributed by atoms with Crippen LogP contribution in [0.1, 0.15) is 41.7 Å². The lowest BCUT2D eigenvalue weighted by atomic mass is 10.1. The third-order valence-corrected chi connectivity index (χ3v) is 6.16. The number of furan rings is 2. The van der Waals surface area contributed by atoms with Crippen molar-refractivity contribution in [3.63, 3.8) is 0 Å². The van der Waals surface area contributed by atoms with E-state index in [4.69, 9.17) is 8.83 Å². The number of amides is 2. The Kier molecular flexibility index (Phi) is 5.98. The molecule has 0 fully saturated rings. The van der Waals surface area contributed by atoms with Crippen molar-refractivity contribution < 1.29 is 26.8 Å². The fourth-order valence-electron chi connectivity index (χ4n) is 3.20.